The van der Waals surface area contributed by atoms with Crippen molar-refractivity contribution in [2.45, 2.75) is 6.92 Å². The van der Waals surface area contributed by atoms with Crippen LogP contribution in [0.4, 0.5) is 0 Å². The van der Waals surface area contributed by atoms with E-state index < -0.39 is 0 Å². The first kappa shape index (κ1) is 7.63. The average molecular weight is 149 g/mol. The van der Waals surface area contributed by atoms with Gasteiger partial charge in [-0.2, -0.15) is 5.10 Å². The Labute approximate surface area is 66.2 Å². The maximum absolute atomic E-state index is 5.46. The number of hydrazone groups is 1. The van der Waals surface area contributed by atoms with Crippen LogP contribution in [0.1, 0.15) is 6.92 Å². The first-order valence-electron chi connectivity index (χ1n) is 3.31. The fourth-order valence-electron chi connectivity index (χ4n) is 0.702. The van der Waals surface area contributed by atoms with Crippen molar-refractivity contribution >= 4 is 6.21 Å². The summed E-state index contributed by atoms with van der Waals surface area (Å²) in [7, 11) is 1.86. The van der Waals surface area contributed by atoms with Crippen LogP contribution in [-0.2, 0) is 0 Å². The molecule has 11 heavy (non-hydrogen) atoms. The Balaban J connectivity index is 3.09. The first-order valence-corrected chi connectivity index (χ1v) is 3.31. The van der Waals surface area contributed by atoms with Gasteiger partial charge in [0.15, 0.2) is 0 Å². The second-order valence-corrected chi connectivity index (χ2v) is 2.42. The number of hydrogen-bond donors (Lipinski definition) is 1. The largest absolute Gasteiger partial charge is 0.398 e. The molecule has 3 nitrogen and oxygen atoms in total. The molecule has 0 fully saturated rings. The van der Waals surface area contributed by atoms with Crippen molar-refractivity contribution in [3.05, 3.63) is 29.3 Å². The van der Waals surface area contributed by atoms with E-state index in [2.05, 4.69) is 17.4 Å². The van der Waals surface area contributed by atoms with Crippen LogP contribution in [0.2, 0.25) is 0 Å². The van der Waals surface area contributed by atoms with Crippen LogP contribution >= 0.6 is 0 Å². The van der Waals surface area contributed by atoms with Gasteiger partial charge in [-0.3, -0.25) is 5.01 Å². The third-order valence-corrected chi connectivity index (χ3v) is 1.51. The van der Waals surface area contributed by atoms with E-state index in [1.807, 2.05) is 14.0 Å². The van der Waals surface area contributed by atoms with Crippen LogP contribution in [0.5, 0.6) is 0 Å². The summed E-state index contributed by atoms with van der Waals surface area (Å²) in [6.07, 6.45) is 1.65. The second-order valence-electron chi connectivity index (χ2n) is 2.42. The van der Waals surface area contributed by atoms with Crippen LogP contribution in [0.25, 0.3) is 0 Å². The second kappa shape index (κ2) is 2.64. The Hall–Kier alpha value is -1.47. The highest BCUT2D eigenvalue weighted by Gasteiger charge is 2.02. The van der Waals surface area contributed by atoms with E-state index in [9.17, 15) is 0 Å². The van der Waals surface area contributed by atoms with Crippen LogP contribution < -0.4 is 5.73 Å². The summed E-state index contributed by atoms with van der Waals surface area (Å²) in [5, 5.41) is 5.77. The Kier molecular flexibility index (Phi) is 1.83. The molecule has 0 unspecified atom stereocenters. The first-order chi connectivity index (χ1) is 5.11. The average Bonchev–Trinajstić information content (AvgIpc) is 1.94. The Morgan fingerprint density at radius 1 is 1.82 bits per heavy atom. The maximum Gasteiger partial charge on any atom is 0.0757 e. The van der Waals surface area contributed by atoms with Crippen molar-refractivity contribution in [1.82, 2.24) is 5.01 Å². The van der Waals surface area contributed by atoms with E-state index in [1.54, 1.807) is 11.2 Å². The molecule has 0 aliphatic carbocycles. The number of nitrogens with zero attached hydrogens (tertiary/aromatic N) is 2. The number of nitrogens with two attached hydrogens (primary N) is 1. The SMILES string of the molecule is C=C(N)C1=C=C(C)N(C)N=C1. The molecule has 0 aromatic carbocycles. The number of hydrogen-bond acceptors (Lipinski definition) is 3. The third-order valence-electron chi connectivity index (χ3n) is 1.51. The van der Waals surface area contributed by atoms with Crippen molar-refractivity contribution < 1.29 is 0 Å². The minimum absolute atomic E-state index is 0.501. The smallest absolute Gasteiger partial charge is 0.0757 e. The zero-order valence-corrected chi connectivity index (χ0v) is 6.76. The van der Waals surface area contributed by atoms with Crippen LogP contribution in [-0.4, -0.2) is 18.3 Å². The van der Waals surface area contributed by atoms with Gasteiger partial charge in [-0.05, 0) is 6.92 Å². The minimum atomic E-state index is 0.501. The molecule has 0 aromatic rings. The lowest BCUT2D eigenvalue weighted by molar-refractivity contribution is 0.448. The van der Waals surface area contributed by atoms with E-state index >= 15 is 0 Å². The fourth-order valence-corrected chi connectivity index (χ4v) is 0.702. The van der Waals surface area contributed by atoms with Gasteiger partial charge in [-0.15, -0.1) is 0 Å². The van der Waals surface area contributed by atoms with Crippen molar-refractivity contribution in [2.75, 3.05) is 7.05 Å². The summed E-state index contributed by atoms with van der Waals surface area (Å²) >= 11 is 0. The van der Waals surface area contributed by atoms with Crippen LogP contribution in [0, 0.1) is 0 Å². The molecule has 0 spiro atoms. The molecular formula is C8H11N3. The molecule has 3 heteroatoms. The van der Waals surface area contributed by atoms with Crippen LogP contribution in [0.3, 0.4) is 0 Å². The van der Waals surface area contributed by atoms with Gasteiger partial charge in [-0.1, -0.05) is 12.3 Å². The topological polar surface area (TPSA) is 41.6 Å². The van der Waals surface area contributed by atoms with Crippen LogP contribution in [0.15, 0.2) is 34.4 Å². The number of rotatable bonds is 1. The summed E-state index contributed by atoms with van der Waals surface area (Å²) < 4.78 is 0. The summed E-state index contributed by atoms with van der Waals surface area (Å²) in [6, 6.07) is 0. The highest BCUT2D eigenvalue weighted by molar-refractivity contribution is 5.84. The Morgan fingerprint density at radius 2 is 2.45 bits per heavy atom. The molecular weight excluding hydrogens is 138 g/mol. The summed E-state index contributed by atoms with van der Waals surface area (Å²) in [5.74, 6) is 0. The third kappa shape index (κ3) is 1.51. The molecule has 1 rings (SSSR count). The lowest BCUT2D eigenvalue weighted by atomic mass is 10.2. The van der Waals surface area contributed by atoms with Crippen molar-refractivity contribution in [3.8, 4) is 0 Å². The normalized spacial score (nSPS) is 16.0. The molecule has 0 radical (unpaired) electrons. The molecule has 58 valence electrons. The van der Waals surface area contributed by atoms with Gasteiger partial charge in [0.25, 0.3) is 0 Å². The van der Waals surface area contributed by atoms with Gasteiger partial charge in [0.2, 0.25) is 0 Å². The van der Waals surface area contributed by atoms with E-state index in [-0.39, 0.29) is 0 Å². The molecule has 1 aliphatic rings. The molecule has 0 amide bonds. The maximum atomic E-state index is 5.46. The van der Waals surface area contributed by atoms with Gasteiger partial charge in [-0.25, -0.2) is 0 Å². The fraction of sp³-hybridized carbons (Fsp3) is 0.250. The van der Waals surface area contributed by atoms with E-state index in [0.717, 1.165) is 11.3 Å². The zero-order chi connectivity index (χ0) is 8.43. The molecule has 0 saturated carbocycles. The Bertz CT molecular complexity index is 280. The van der Waals surface area contributed by atoms with Gasteiger partial charge in [0.05, 0.1) is 17.5 Å². The molecule has 0 atom stereocenters. The molecule has 1 heterocycles. The molecule has 0 bridgehead atoms. The van der Waals surface area contributed by atoms with Crippen molar-refractivity contribution in [3.63, 3.8) is 0 Å². The predicted octanol–water partition coefficient (Wildman–Crippen LogP) is 0.819. The Morgan fingerprint density at radius 3 is 2.91 bits per heavy atom. The van der Waals surface area contributed by atoms with E-state index in [1.165, 1.54) is 0 Å². The summed E-state index contributed by atoms with van der Waals surface area (Å²) in [5.41, 5.74) is 10.7. The van der Waals surface area contributed by atoms with E-state index in [0.29, 0.717) is 5.70 Å². The van der Waals surface area contributed by atoms with Gasteiger partial charge in [0, 0.05) is 12.7 Å². The summed E-state index contributed by atoms with van der Waals surface area (Å²) in [4.78, 5) is 0. The molecule has 2 N–H and O–H groups in total. The molecule has 0 aromatic heterocycles. The minimum Gasteiger partial charge on any atom is -0.398 e. The zero-order valence-electron chi connectivity index (χ0n) is 6.76. The highest BCUT2D eigenvalue weighted by Crippen LogP contribution is 2.08. The van der Waals surface area contributed by atoms with E-state index in [4.69, 9.17) is 5.73 Å². The van der Waals surface area contributed by atoms with Gasteiger partial charge < -0.3 is 5.73 Å². The number of allylic oxidation sites excluding steroid dienone is 1. The molecule has 0 saturated heterocycles. The lowest BCUT2D eigenvalue weighted by Gasteiger charge is -2.14. The van der Waals surface area contributed by atoms with Gasteiger partial charge >= 0.3 is 0 Å². The van der Waals surface area contributed by atoms with Crippen molar-refractivity contribution in [1.29, 1.82) is 0 Å². The van der Waals surface area contributed by atoms with Crippen molar-refractivity contribution in [2.24, 2.45) is 10.8 Å². The quantitative estimate of drug-likeness (QED) is 0.561. The highest BCUT2D eigenvalue weighted by atomic mass is 15.4. The lowest BCUT2D eigenvalue weighted by Crippen LogP contribution is -2.13. The standard InChI is InChI=1S/C8H11N3/c1-6-4-8(7(2)9)5-10-11(6)3/h5H,2,9H2,1,3H3. The predicted molar refractivity (Wildman–Crippen MR) is 45.8 cm³/mol. The van der Waals surface area contributed by atoms with Gasteiger partial charge in [0.1, 0.15) is 0 Å². The summed E-state index contributed by atoms with van der Waals surface area (Å²) in [6.45, 7) is 5.51. The monoisotopic (exact) mass is 149 g/mol. The molecule has 1 aliphatic heterocycles.